The normalized spacial score (nSPS) is 23.2. The van der Waals surface area contributed by atoms with Gasteiger partial charge in [-0.1, -0.05) is 50.3 Å². The molecular formula is C22H39ClN2O3Si. The van der Waals surface area contributed by atoms with E-state index in [0.29, 0.717) is 0 Å². The molecule has 1 N–H and O–H groups in total. The van der Waals surface area contributed by atoms with Gasteiger partial charge in [0.1, 0.15) is 5.22 Å². The largest absolute Gasteiger partial charge is 0.396 e. The Balaban J connectivity index is 0.00000420. The molecule has 2 atom stereocenters. The summed E-state index contributed by atoms with van der Waals surface area (Å²) < 4.78 is 18.4. The maximum Gasteiger partial charge on any atom is 0.372 e. The standard InChI is InChI=1S/C22H38N2O3Si.ClH/c1-6-15-22(25-3)21(14-11-18-28(22,26-4)27-5)23-16-17-24(7-2)19-20-12-9-8-10-13-20;/h7-10,12-13,21,23H,2,6,11,14-19H2,1,3-5H3;1H. The number of nitrogens with zero attached hydrogens (tertiary/aromatic N) is 1. The van der Waals surface area contributed by atoms with E-state index in [1.807, 2.05) is 19.4 Å². The first-order valence-electron chi connectivity index (χ1n) is 10.4. The number of ether oxygens (including phenoxy) is 1. The third kappa shape index (κ3) is 5.84. The van der Waals surface area contributed by atoms with Crippen molar-refractivity contribution in [2.75, 3.05) is 34.4 Å². The van der Waals surface area contributed by atoms with Crippen LogP contribution in [0.5, 0.6) is 0 Å². The predicted molar refractivity (Wildman–Crippen MR) is 125 cm³/mol. The summed E-state index contributed by atoms with van der Waals surface area (Å²) in [6.45, 7) is 8.83. The average molecular weight is 443 g/mol. The molecule has 1 heterocycles. The van der Waals surface area contributed by atoms with Crippen molar-refractivity contribution in [2.24, 2.45) is 0 Å². The second-order valence-corrected chi connectivity index (χ2v) is 11.2. The van der Waals surface area contributed by atoms with Crippen molar-refractivity contribution in [3.05, 3.63) is 48.7 Å². The molecule has 7 heteroatoms. The highest BCUT2D eigenvalue weighted by Gasteiger charge is 2.62. The smallest absolute Gasteiger partial charge is 0.372 e. The zero-order chi connectivity index (χ0) is 20.5. The molecule has 0 radical (unpaired) electrons. The molecular weight excluding hydrogens is 404 g/mol. The van der Waals surface area contributed by atoms with E-state index in [0.717, 1.165) is 51.4 Å². The molecule has 2 rings (SSSR count). The highest BCUT2D eigenvalue weighted by molar-refractivity contribution is 6.71. The summed E-state index contributed by atoms with van der Waals surface area (Å²) in [5.74, 6) is 0. The molecule has 1 saturated heterocycles. The predicted octanol–water partition coefficient (Wildman–Crippen LogP) is 4.27. The van der Waals surface area contributed by atoms with Gasteiger partial charge in [0.15, 0.2) is 0 Å². The van der Waals surface area contributed by atoms with Crippen molar-refractivity contribution >= 4 is 21.0 Å². The molecule has 0 aromatic heterocycles. The molecule has 166 valence electrons. The summed E-state index contributed by atoms with van der Waals surface area (Å²) >= 11 is 0. The summed E-state index contributed by atoms with van der Waals surface area (Å²) in [7, 11) is 2.95. The van der Waals surface area contributed by atoms with Crippen LogP contribution in [0.3, 0.4) is 0 Å². The lowest BCUT2D eigenvalue weighted by atomic mass is 9.99. The summed E-state index contributed by atoms with van der Waals surface area (Å²) in [4.78, 5) is 2.25. The number of nitrogens with one attached hydrogen (secondary N) is 1. The van der Waals surface area contributed by atoms with Gasteiger partial charge in [0.05, 0.1) is 0 Å². The van der Waals surface area contributed by atoms with E-state index in [1.54, 1.807) is 14.2 Å². The molecule has 0 saturated carbocycles. The summed E-state index contributed by atoms with van der Waals surface area (Å²) in [6, 6.07) is 11.7. The molecule has 2 unspecified atom stereocenters. The van der Waals surface area contributed by atoms with Gasteiger partial charge in [0.2, 0.25) is 0 Å². The zero-order valence-electron chi connectivity index (χ0n) is 18.5. The number of methoxy groups -OCH3 is 1. The molecule has 0 amide bonds. The summed E-state index contributed by atoms with van der Waals surface area (Å²) in [6.07, 6.45) is 6.11. The fourth-order valence-electron chi connectivity index (χ4n) is 4.72. The van der Waals surface area contributed by atoms with Gasteiger partial charge in [-0.25, -0.2) is 0 Å². The van der Waals surface area contributed by atoms with Crippen molar-refractivity contribution < 1.29 is 13.6 Å². The highest BCUT2D eigenvalue weighted by atomic mass is 35.5. The van der Waals surface area contributed by atoms with Gasteiger partial charge in [-0.2, -0.15) is 0 Å². The number of halogens is 1. The molecule has 1 aromatic rings. The molecule has 0 bridgehead atoms. The van der Waals surface area contributed by atoms with Gasteiger partial charge in [-0.05, 0) is 37.1 Å². The Morgan fingerprint density at radius 1 is 1.24 bits per heavy atom. The minimum atomic E-state index is -2.46. The van der Waals surface area contributed by atoms with E-state index < -0.39 is 8.56 Å². The van der Waals surface area contributed by atoms with E-state index in [-0.39, 0.29) is 23.7 Å². The van der Waals surface area contributed by atoms with Crippen LogP contribution in [0, 0.1) is 0 Å². The van der Waals surface area contributed by atoms with E-state index in [4.69, 9.17) is 13.6 Å². The van der Waals surface area contributed by atoms with Crippen LogP contribution in [0.15, 0.2) is 43.1 Å². The van der Waals surface area contributed by atoms with Crippen molar-refractivity contribution in [1.29, 1.82) is 0 Å². The first-order chi connectivity index (χ1) is 13.6. The van der Waals surface area contributed by atoms with Crippen LogP contribution in [0.1, 0.15) is 38.2 Å². The summed E-state index contributed by atoms with van der Waals surface area (Å²) in [5, 5.41) is 3.42. The second-order valence-electron chi connectivity index (χ2n) is 7.54. The third-order valence-corrected chi connectivity index (χ3v) is 10.6. The molecule has 0 aliphatic carbocycles. The third-order valence-electron chi connectivity index (χ3n) is 6.13. The number of hydrogen-bond donors (Lipinski definition) is 1. The van der Waals surface area contributed by atoms with Crippen LogP contribution in [0.2, 0.25) is 6.04 Å². The molecule has 1 aliphatic rings. The maximum atomic E-state index is 6.22. The second kappa shape index (κ2) is 12.7. The molecule has 1 aromatic carbocycles. The fourth-order valence-corrected chi connectivity index (χ4v) is 8.80. The Morgan fingerprint density at radius 3 is 2.48 bits per heavy atom. The molecule has 1 fully saturated rings. The molecule has 0 spiro atoms. The first kappa shape index (κ1) is 26.1. The topological polar surface area (TPSA) is 43.0 Å². The monoisotopic (exact) mass is 442 g/mol. The van der Waals surface area contributed by atoms with Crippen molar-refractivity contribution in [3.8, 4) is 0 Å². The van der Waals surface area contributed by atoms with Crippen LogP contribution in [-0.2, 0) is 20.1 Å². The minimum absolute atomic E-state index is 0. The van der Waals surface area contributed by atoms with Crippen LogP contribution in [0.4, 0.5) is 0 Å². The van der Waals surface area contributed by atoms with Crippen molar-refractivity contribution in [3.63, 3.8) is 0 Å². The first-order valence-corrected chi connectivity index (χ1v) is 12.4. The van der Waals surface area contributed by atoms with Crippen LogP contribution in [-0.4, -0.2) is 59.1 Å². The van der Waals surface area contributed by atoms with E-state index in [9.17, 15) is 0 Å². The van der Waals surface area contributed by atoms with Gasteiger partial charge in [0.25, 0.3) is 0 Å². The lowest BCUT2D eigenvalue weighted by Crippen LogP contribution is -2.73. The van der Waals surface area contributed by atoms with Crippen molar-refractivity contribution in [1.82, 2.24) is 10.2 Å². The Bertz CT molecular complexity index is 589. The molecule has 1 aliphatic heterocycles. The van der Waals surface area contributed by atoms with E-state index in [2.05, 4.69) is 48.0 Å². The lowest BCUT2D eigenvalue weighted by molar-refractivity contribution is -0.0374. The average Bonchev–Trinajstić information content (AvgIpc) is 2.74. The highest BCUT2D eigenvalue weighted by Crippen LogP contribution is 2.43. The van der Waals surface area contributed by atoms with Crippen LogP contribution >= 0.6 is 12.4 Å². The van der Waals surface area contributed by atoms with Gasteiger partial charge >= 0.3 is 8.56 Å². The van der Waals surface area contributed by atoms with E-state index >= 15 is 0 Å². The Hall–Kier alpha value is -0.893. The quantitative estimate of drug-likeness (QED) is 0.490. The Morgan fingerprint density at radius 2 is 1.93 bits per heavy atom. The Kier molecular flexibility index (Phi) is 11.5. The van der Waals surface area contributed by atoms with Gasteiger partial charge in [-0.3, -0.25) is 0 Å². The summed E-state index contributed by atoms with van der Waals surface area (Å²) in [5.41, 5.74) is 1.29. The van der Waals surface area contributed by atoms with Crippen LogP contribution < -0.4 is 5.32 Å². The zero-order valence-corrected chi connectivity index (χ0v) is 20.3. The van der Waals surface area contributed by atoms with Gasteiger partial charge < -0.3 is 23.8 Å². The van der Waals surface area contributed by atoms with Crippen molar-refractivity contribution in [2.45, 2.75) is 56.5 Å². The van der Waals surface area contributed by atoms with E-state index in [1.165, 1.54) is 5.56 Å². The number of rotatable bonds is 12. The SMILES string of the molecule is C=CN(CCNC1CCC[Si](OC)(OC)C1(CCC)OC)Cc1ccccc1.Cl. The van der Waals surface area contributed by atoms with Gasteiger partial charge in [0, 0.05) is 47.0 Å². The fraction of sp³-hybridized carbons (Fsp3) is 0.636. The van der Waals surface area contributed by atoms with Gasteiger partial charge in [-0.15, -0.1) is 12.4 Å². The number of hydrogen-bond acceptors (Lipinski definition) is 5. The minimum Gasteiger partial charge on any atom is -0.396 e. The maximum absolute atomic E-state index is 6.22. The number of benzene rings is 1. The Labute approximate surface area is 184 Å². The molecule has 29 heavy (non-hydrogen) atoms. The lowest BCUT2D eigenvalue weighted by Gasteiger charge is -2.52. The van der Waals surface area contributed by atoms with Crippen LogP contribution in [0.25, 0.3) is 0 Å². The molecule has 5 nitrogen and oxygen atoms in total.